The van der Waals surface area contributed by atoms with Gasteiger partial charge < -0.3 is 5.32 Å². The van der Waals surface area contributed by atoms with E-state index >= 15 is 0 Å². The maximum Gasteiger partial charge on any atom is 0.165 e. The zero-order valence-electron chi connectivity index (χ0n) is 14.1. The molecule has 1 aliphatic carbocycles. The third kappa shape index (κ3) is 3.99. The van der Waals surface area contributed by atoms with E-state index in [2.05, 4.69) is 50.0 Å². The van der Waals surface area contributed by atoms with Crippen LogP contribution in [0.1, 0.15) is 37.1 Å². The average molecular weight is 326 g/mol. The smallest absolute Gasteiger partial charge is 0.165 e. The van der Waals surface area contributed by atoms with Crippen LogP contribution in [-0.2, 0) is 13.1 Å². The molecule has 2 aromatic rings. The van der Waals surface area contributed by atoms with Gasteiger partial charge in [-0.2, -0.15) is 0 Å². The summed E-state index contributed by atoms with van der Waals surface area (Å²) < 4.78 is 1.95. The van der Waals surface area contributed by atoms with E-state index in [0.717, 1.165) is 44.0 Å². The summed E-state index contributed by atoms with van der Waals surface area (Å²) in [6.07, 6.45) is 5.28. The van der Waals surface area contributed by atoms with Crippen molar-refractivity contribution >= 4 is 0 Å². The van der Waals surface area contributed by atoms with Crippen molar-refractivity contribution in [1.82, 2.24) is 30.4 Å². The van der Waals surface area contributed by atoms with Crippen LogP contribution < -0.4 is 5.32 Å². The largest absolute Gasteiger partial charge is 0.316 e. The zero-order valence-corrected chi connectivity index (χ0v) is 14.1. The first-order valence-corrected chi connectivity index (χ1v) is 9.12. The van der Waals surface area contributed by atoms with Crippen molar-refractivity contribution in [2.75, 3.05) is 19.6 Å². The first-order chi connectivity index (χ1) is 11.9. The number of piperidine rings is 1. The highest BCUT2D eigenvalue weighted by molar-refractivity contribution is 5.15. The molecule has 0 amide bonds. The fourth-order valence-electron chi connectivity index (χ4n) is 3.59. The summed E-state index contributed by atoms with van der Waals surface area (Å²) in [7, 11) is 0. The van der Waals surface area contributed by atoms with E-state index in [9.17, 15) is 0 Å². The van der Waals surface area contributed by atoms with Gasteiger partial charge in [-0.1, -0.05) is 30.3 Å². The first-order valence-electron chi connectivity index (χ1n) is 9.12. The van der Waals surface area contributed by atoms with Crippen molar-refractivity contribution < 1.29 is 0 Å². The SMILES string of the molecule is c1ccc(Cn2nnnc2CN(CC2CCCNC2)C2CC2)cc1. The molecule has 2 fully saturated rings. The van der Waals surface area contributed by atoms with Gasteiger partial charge in [0.25, 0.3) is 0 Å². The van der Waals surface area contributed by atoms with Crippen molar-refractivity contribution in [3.8, 4) is 0 Å². The highest BCUT2D eigenvalue weighted by Crippen LogP contribution is 2.29. The van der Waals surface area contributed by atoms with E-state index in [0.29, 0.717) is 0 Å². The molecular formula is C18H26N6. The van der Waals surface area contributed by atoms with Gasteiger partial charge in [0.15, 0.2) is 5.82 Å². The molecule has 6 heteroatoms. The molecule has 1 saturated heterocycles. The lowest BCUT2D eigenvalue weighted by molar-refractivity contribution is 0.186. The summed E-state index contributed by atoms with van der Waals surface area (Å²) in [4.78, 5) is 2.60. The van der Waals surface area contributed by atoms with Crippen LogP contribution in [0.5, 0.6) is 0 Å². The summed E-state index contributed by atoms with van der Waals surface area (Å²) in [5.41, 5.74) is 1.24. The Labute approximate surface area is 143 Å². The van der Waals surface area contributed by atoms with Crippen LogP contribution in [0.15, 0.2) is 30.3 Å². The standard InChI is InChI=1S/C18H26N6/c1-2-5-15(6-3-1)13-24-18(20-21-22-24)14-23(17-8-9-17)12-16-7-4-10-19-11-16/h1-3,5-6,16-17,19H,4,7-14H2. The van der Waals surface area contributed by atoms with E-state index in [4.69, 9.17) is 0 Å². The second kappa shape index (κ2) is 7.40. The van der Waals surface area contributed by atoms with Crippen LogP contribution in [0.4, 0.5) is 0 Å². The van der Waals surface area contributed by atoms with Crippen molar-refractivity contribution in [3.05, 3.63) is 41.7 Å². The second-order valence-corrected chi connectivity index (χ2v) is 7.11. The molecule has 128 valence electrons. The number of aromatic nitrogens is 4. The average Bonchev–Trinajstić information content (AvgIpc) is 3.39. The Morgan fingerprint density at radius 2 is 2.04 bits per heavy atom. The zero-order chi connectivity index (χ0) is 16.2. The van der Waals surface area contributed by atoms with Crippen LogP contribution in [0.2, 0.25) is 0 Å². The van der Waals surface area contributed by atoms with Crippen LogP contribution in [0, 0.1) is 5.92 Å². The monoisotopic (exact) mass is 326 g/mol. The molecule has 1 saturated carbocycles. The Kier molecular flexibility index (Phi) is 4.85. The van der Waals surface area contributed by atoms with Gasteiger partial charge in [-0.25, -0.2) is 4.68 Å². The molecular weight excluding hydrogens is 300 g/mol. The van der Waals surface area contributed by atoms with Crippen molar-refractivity contribution in [1.29, 1.82) is 0 Å². The van der Waals surface area contributed by atoms with Crippen LogP contribution in [0.3, 0.4) is 0 Å². The molecule has 0 bridgehead atoms. The number of benzene rings is 1. The van der Waals surface area contributed by atoms with E-state index in [1.165, 1.54) is 37.8 Å². The Bertz CT molecular complexity index is 630. The lowest BCUT2D eigenvalue weighted by Crippen LogP contribution is -2.39. The Hall–Kier alpha value is -1.79. The van der Waals surface area contributed by atoms with Crippen molar-refractivity contribution in [3.63, 3.8) is 0 Å². The van der Waals surface area contributed by atoms with Gasteiger partial charge in [0.2, 0.25) is 0 Å². The highest BCUT2D eigenvalue weighted by atomic mass is 15.5. The maximum absolute atomic E-state index is 4.30. The fourth-order valence-corrected chi connectivity index (χ4v) is 3.59. The summed E-state index contributed by atoms with van der Waals surface area (Å²) in [6.45, 7) is 5.09. The highest BCUT2D eigenvalue weighted by Gasteiger charge is 2.32. The number of rotatable bonds is 7. The van der Waals surface area contributed by atoms with E-state index in [-0.39, 0.29) is 0 Å². The van der Waals surface area contributed by atoms with E-state index in [1.54, 1.807) is 0 Å². The lowest BCUT2D eigenvalue weighted by Gasteiger charge is -2.29. The summed E-state index contributed by atoms with van der Waals surface area (Å²) in [5, 5.41) is 16.0. The normalized spacial score (nSPS) is 21.3. The van der Waals surface area contributed by atoms with Crippen LogP contribution in [0.25, 0.3) is 0 Å². The van der Waals surface area contributed by atoms with Crippen molar-refractivity contribution in [2.45, 2.75) is 44.8 Å². The summed E-state index contributed by atoms with van der Waals surface area (Å²) in [5.74, 6) is 1.74. The number of tetrazole rings is 1. The topological polar surface area (TPSA) is 58.9 Å². The molecule has 2 heterocycles. The molecule has 1 aliphatic heterocycles. The van der Waals surface area contributed by atoms with Crippen LogP contribution in [-0.4, -0.2) is 50.8 Å². The third-order valence-electron chi connectivity index (χ3n) is 5.08. The van der Waals surface area contributed by atoms with E-state index in [1.807, 2.05) is 10.7 Å². The van der Waals surface area contributed by atoms with Gasteiger partial charge in [-0.05, 0) is 60.7 Å². The Morgan fingerprint density at radius 3 is 2.79 bits per heavy atom. The number of hydrogen-bond donors (Lipinski definition) is 1. The first kappa shape index (κ1) is 15.7. The molecule has 0 spiro atoms. The quantitative estimate of drug-likeness (QED) is 0.839. The van der Waals surface area contributed by atoms with Crippen molar-refractivity contribution in [2.24, 2.45) is 5.92 Å². The van der Waals surface area contributed by atoms with Crippen LogP contribution >= 0.6 is 0 Å². The van der Waals surface area contributed by atoms with Gasteiger partial charge in [0.1, 0.15) is 0 Å². The van der Waals surface area contributed by atoms with Gasteiger partial charge >= 0.3 is 0 Å². The minimum atomic E-state index is 0.730. The molecule has 6 nitrogen and oxygen atoms in total. The molecule has 24 heavy (non-hydrogen) atoms. The number of nitrogens with zero attached hydrogens (tertiary/aromatic N) is 5. The molecule has 0 radical (unpaired) electrons. The lowest BCUT2D eigenvalue weighted by atomic mass is 9.99. The van der Waals surface area contributed by atoms with Gasteiger partial charge in [0, 0.05) is 12.6 Å². The molecule has 1 aromatic carbocycles. The van der Waals surface area contributed by atoms with Gasteiger partial charge in [-0.3, -0.25) is 4.90 Å². The number of nitrogens with one attached hydrogen (secondary N) is 1. The minimum absolute atomic E-state index is 0.730. The summed E-state index contributed by atoms with van der Waals surface area (Å²) >= 11 is 0. The molecule has 1 N–H and O–H groups in total. The minimum Gasteiger partial charge on any atom is -0.316 e. The molecule has 4 rings (SSSR count). The number of hydrogen-bond acceptors (Lipinski definition) is 5. The Balaban J connectivity index is 1.42. The van der Waals surface area contributed by atoms with E-state index < -0.39 is 0 Å². The molecule has 1 unspecified atom stereocenters. The van der Waals surface area contributed by atoms with Gasteiger partial charge in [0.05, 0.1) is 13.1 Å². The fraction of sp³-hybridized carbons (Fsp3) is 0.611. The predicted octanol–water partition coefficient (Wildman–Crippen LogP) is 1.69. The van der Waals surface area contributed by atoms with Gasteiger partial charge in [-0.15, -0.1) is 5.10 Å². The second-order valence-electron chi connectivity index (χ2n) is 7.11. The third-order valence-corrected chi connectivity index (χ3v) is 5.08. The Morgan fingerprint density at radius 1 is 1.17 bits per heavy atom. The summed E-state index contributed by atoms with van der Waals surface area (Å²) in [6, 6.07) is 11.1. The molecule has 1 atom stereocenters. The maximum atomic E-state index is 4.30. The molecule has 1 aromatic heterocycles. The predicted molar refractivity (Wildman–Crippen MR) is 92.4 cm³/mol. The molecule has 2 aliphatic rings.